The van der Waals surface area contributed by atoms with Crippen LogP contribution in [0, 0.1) is 11.8 Å². The lowest BCUT2D eigenvalue weighted by Gasteiger charge is -2.35. The van der Waals surface area contributed by atoms with Crippen molar-refractivity contribution in [2.75, 3.05) is 26.7 Å². The van der Waals surface area contributed by atoms with Crippen LogP contribution in [-0.4, -0.2) is 66.0 Å². The lowest BCUT2D eigenvalue weighted by Crippen LogP contribution is -2.50. The lowest BCUT2D eigenvalue weighted by atomic mass is 9.76. The Morgan fingerprint density at radius 2 is 2.07 bits per heavy atom. The number of alkyl halides is 2. The van der Waals surface area contributed by atoms with Gasteiger partial charge in [0.15, 0.2) is 0 Å². The predicted octanol–water partition coefficient (Wildman–Crippen LogP) is 2.23. The molecule has 0 N–H and O–H groups in total. The van der Waals surface area contributed by atoms with Crippen LogP contribution >= 0.6 is 0 Å². The first-order chi connectivity index (χ1) is 14.3. The zero-order valence-corrected chi connectivity index (χ0v) is 16.7. The molecule has 30 heavy (non-hydrogen) atoms. The summed E-state index contributed by atoms with van der Waals surface area (Å²) < 4.78 is 38.4. The van der Waals surface area contributed by atoms with Gasteiger partial charge in [0.05, 0.1) is 31.6 Å². The average molecular weight is 418 g/mol. The fraction of sp³-hybridized carbons (Fsp3) is 0.545. The van der Waals surface area contributed by atoms with E-state index in [1.165, 1.54) is 4.90 Å². The molecule has 4 atom stereocenters. The normalized spacial score (nSPS) is 33.8. The topological polar surface area (TPSA) is 59.1 Å². The molecule has 2 bridgehead atoms. The van der Waals surface area contributed by atoms with Crippen LogP contribution in [0.15, 0.2) is 36.4 Å². The number of carbonyl (C=O) groups is 2. The molecule has 0 saturated carbocycles. The highest BCUT2D eigenvalue weighted by Gasteiger charge is 2.67. The summed E-state index contributed by atoms with van der Waals surface area (Å²) in [5.74, 6) is -3.63. The number of methoxy groups -OCH3 is 1. The monoisotopic (exact) mass is 418 g/mol. The van der Waals surface area contributed by atoms with E-state index in [0.29, 0.717) is 18.8 Å². The van der Waals surface area contributed by atoms with Crippen molar-refractivity contribution < 1.29 is 27.8 Å². The number of halogens is 2. The molecule has 3 fully saturated rings. The Morgan fingerprint density at radius 1 is 1.30 bits per heavy atom. The van der Waals surface area contributed by atoms with E-state index in [9.17, 15) is 18.4 Å². The number of benzene rings is 1. The Bertz CT molecular complexity index is 910. The van der Waals surface area contributed by atoms with Crippen molar-refractivity contribution in [1.82, 2.24) is 9.80 Å². The second-order valence-electron chi connectivity index (χ2n) is 8.63. The maximum absolute atomic E-state index is 13.5. The first-order valence-corrected chi connectivity index (χ1v) is 10.3. The first-order valence-electron chi connectivity index (χ1n) is 10.3. The zero-order valence-electron chi connectivity index (χ0n) is 16.7. The van der Waals surface area contributed by atoms with Crippen LogP contribution in [0.4, 0.5) is 8.78 Å². The standard InChI is InChI=1S/C22H24F2N2O4/c1-29-15-4-2-3-14(11-15)12-26-13-21-6-5-16(30-21)17(18(21)20(26)28)19(27)25-9-7-22(23,24)8-10-25/h2-6,11,16-18H,7-10,12-13H2,1H3/t16-,17+,18-,21-/m0/s1. The summed E-state index contributed by atoms with van der Waals surface area (Å²) in [6.07, 6.45) is 2.62. The van der Waals surface area contributed by atoms with Crippen molar-refractivity contribution in [3.8, 4) is 5.75 Å². The third-order valence-electron chi connectivity index (χ3n) is 6.78. The van der Waals surface area contributed by atoms with Crippen LogP contribution in [0.5, 0.6) is 5.75 Å². The zero-order chi connectivity index (χ0) is 21.1. The van der Waals surface area contributed by atoms with Gasteiger partial charge >= 0.3 is 0 Å². The largest absolute Gasteiger partial charge is 0.497 e. The first kappa shape index (κ1) is 19.5. The van der Waals surface area contributed by atoms with Crippen LogP contribution in [0.3, 0.4) is 0 Å². The van der Waals surface area contributed by atoms with E-state index in [4.69, 9.17) is 9.47 Å². The smallest absolute Gasteiger partial charge is 0.251 e. The van der Waals surface area contributed by atoms with Crippen molar-refractivity contribution in [2.45, 2.75) is 37.0 Å². The molecule has 5 rings (SSSR count). The molecular formula is C22H24F2N2O4. The predicted molar refractivity (Wildman–Crippen MR) is 103 cm³/mol. The third-order valence-corrected chi connectivity index (χ3v) is 6.78. The minimum absolute atomic E-state index is 0.0141. The number of amides is 2. The molecule has 2 amide bonds. The summed E-state index contributed by atoms with van der Waals surface area (Å²) in [4.78, 5) is 29.7. The number of hydrogen-bond donors (Lipinski definition) is 0. The van der Waals surface area contributed by atoms with E-state index in [0.717, 1.165) is 5.56 Å². The van der Waals surface area contributed by atoms with E-state index in [1.807, 2.05) is 36.4 Å². The van der Waals surface area contributed by atoms with E-state index in [2.05, 4.69) is 0 Å². The van der Waals surface area contributed by atoms with Crippen molar-refractivity contribution in [3.05, 3.63) is 42.0 Å². The summed E-state index contributed by atoms with van der Waals surface area (Å²) in [6.45, 7) is 0.802. The van der Waals surface area contributed by atoms with Crippen molar-refractivity contribution in [2.24, 2.45) is 11.8 Å². The van der Waals surface area contributed by atoms with Crippen LogP contribution < -0.4 is 4.74 Å². The fourth-order valence-electron chi connectivity index (χ4n) is 5.25. The minimum atomic E-state index is -2.72. The summed E-state index contributed by atoms with van der Waals surface area (Å²) in [5.41, 5.74) is 0.124. The minimum Gasteiger partial charge on any atom is -0.497 e. The van der Waals surface area contributed by atoms with Gasteiger partial charge in [0.25, 0.3) is 5.92 Å². The number of likely N-dealkylation sites (tertiary alicyclic amines) is 2. The molecule has 0 radical (unpaired) electrons. The second kappa shape index (κ2) is 6.77. The SMILES string of the molecule is COc1cccc(CN2C[C@]34C=C[C@H](O3)[C@@H](C(=O)N3CCC(F)(F)CC3)[C@H]4C2=O)c1. The summed E-state index contributed by atoms with van der Waals surface area (Å²) in [5, 5.41) is 0. The van der Waals surface area contributed by atoms with Crippen molar-refractivity contribution in [3.63, 3.8) is 0 Å². The summed E-state index contributed by atoms with van der Waals surface area (Å²) in [6, 6.07) is 7.51. The van der Waals surface area contributed by atoms with Crippen molar-refractivity contribution >= 4 is 11.8 Å². The van der Waals surface area contributed by atoms with Crippen LogP contribution in [-0.2, 0) is 20.9 Å². The Balaban J connectivity index is 1.35. The molecule has 160 valence electrons. The maximum Gasteiger partial charge on any atom is 0.251 e. The third kappa shape index (κ3) is 3.00. The van der Waals surface area contributed by atoms with E-state index >= 15 is 0 Å². The van der Waals surface area contributed by atoms with E-state index in [1.54, 1.807) is 12.0 Å². The molecule has 8 heteroatoms. The fourth-order valence-corrected chi connectivity index (χ4v) is 5.25. The number of fused-ring (bicyclic) bond motifs is 1. The molecule has 0 unspecified atom stereocenters. The highest BCUT2D eigenvalue weighted by atomic mass is 19.3. The number of ether oxygens (including phenoxy) is 2. The quantitative estimate of drug-likeness (QED) is 0.704. The second-order valence-corrected chi connectivity index (χ2v) is 8.63. The van der Waals surface area contributed by atoms with Gasteiger partial charge in [-0.05, 0) is 17.7 Å². The number of hydrogen-bond acceptors (Lipinski definition) is 4. The van der Waals surface area contributed by atoms with Gasteiger partial charge in [-0.25, -0.2) is 8.78 Å². The molecule has 6 nitrogen and oxygen atoms in total. The van der Waals surface area contributed by atoms with E-state index in [-0.39, 0.29) is 37.7 Å². The van der Waals surface area contributed by atoms with Crippen molar-refractivity contribution in [1.29, 1.82) is 0 Å². The van der Waals surface area contributed by atoms with Gasteiger partial charge in [-0.15, -0.1) is 0 Å². The van der Waals surface area contributed by atoms with Gasteiger partial charge in [-0.2, -0.15) is 0 Å². The van der Waals surface area contributed by atoms with Gasteiger partial charge < -0.3 is 19.3 Å². The highest BCUT2D eigenvalue weighted by Crippen LogP contribution is 2.52. The molecule has 3 saturated heterocycles. The van der Waals surface area contributed by atoms with Gasteiger partial charge in [-0.3, -0.25) is 9.59 Å². The van der Waals surface area contributed by atoms with Gasteiger partial charge in [0.1, 0.15) is 11.4 Å². The van der Waals surface area contributed by atoms with Gasteiger partial charge in [0.2, 0.25) is 11.8 Å². The molecule has 4 aliphatic heterocycles. The summed E-state index contributed by atoms with van der Waals surface area (Å²) in [7, 11) is 1.59. The molecule has 4 heterocycles. The molecule has 0 aromatic heterocycles. The van der Waals surface area contributed by atoms with Gasteiger partial charge in [-0.1, -0.05) is 24.3 Å². The molecule has 1 spiro atoms. The number of nitrogens with zero attached hydrogens (tertiary/aromatic N) is 2. The number of carbonyl (C=O) groups excluding carboxylic acids is 2. The van der Waals surface area contributed by atoms with E-state index < -0.39 is 29.5 Å². The molecular weight excluding hydrogens is 394 g/mol. The van der Waals surface area contributed by atoms with Gasteiger partial charge in [0, 0.05) is 32.5 Å². The molecule has 4 aliphatic rings. The number of rotatable bonds is 4. The Kier molecular flexibility index (Phi) is 4.39. The Hall–Kier alpha value is -2.48. The Morgan fingerprint density at radius 3 is 2.80 bits per heavy atom. The Labute approximate surface area is 173 Å². The average Bonchev–Trinajstić information content (AvgIpc) is 3.36. The molecule has 1 aromatic carbocycles. The van der Waals surface area contributed by atoms with Crippen LogP contribution in [0.2, 0.25) is 0 Å². The lowest BCUT2D eigenvalue weighted by molar-refractivity contribution is -0.147. The van der Waals surface area contributed by atoms with Crippen LogP contribution in [0.1, 0.15) is 18.4 Å². The van der Waals surface area contributed by atoms with Crippen LogP contribution in [0.25, 0.3) is 0 Å². The summed E-state index contributed by atoms with van der Waals surface area (Å²) >= 11 is 0. The number of piperidine rings is 1. The molecule has 1 aromatic rings. The highest BCUT2D eigenvalue weighted by molar-refractivity contribution is 5.93. The molecule has 0 aliphatic carbocycles. The maximum atomic E-state index is 13.5.